The average Bonchev–Trinajstić information content (AvgIpc) is 2.23. The summed E-state index contributed by atoms with van der Waals surface area (Å²) in [7, 11) is 4.03. The van der Waals surface area contributed by atoms with E-state index in [0.717, 1.165) is 36.1 Å². The van der Waals surface area contributed by atoms with E-state index in [0.29, 0.717) is 0 Å². The predicted octanol–water partition coefficient (Wildman–Crippen LogP) is 2.63. The van der Waals surface area contributed by atoms with Crippen molar-refractivity contribution in [2.45, 2.75) is 13.0 Å². The Labute approximate surface area is 105 Å². The Morgan fingerprint density at radius 2 is 2.19 bits per heavy atom. The second-order valence-electron chi connectivity index (χ2n) is 3.93. The first-order valence-corrected chi connectivity index (χ1v) is 6.20. The number of halogens is 2. The van der Waals surface area contributed by atoms with Gasteiger partial charge < -0.3 is 10.2 Å². The van der Waals surface area contributed by atoms with Crippen LogP contribution in [0.15, 0.2) is 22.7 Å². The molecule has 0 aliphatic rings. The molecule has 0 fully saturated rings. The number of nitrogens with zero attached hydrogens (tertiary/aromatic N) is 1. The lowest BCUT2D eigenvalue weighted by molar-refractivity contribution is 0.320. The van der Waals surface area contributed by atoms with Crippen LogP contribution in [0.5, 0.6) is 0 Å². The predicted molar refractivity (Wildman–Crippen MR) is 69.0 cm³/mol. The van der Waals surface area contributed by atoms with Gasteiger partial charge in [0.05, 0.1) is 0 Å². The Morgan fingerprint density at radius 1 is 1.44 bits per heavy atom. The smallest absolute Gasteiger partial charge is 0.124 e. The summed E-state index contributed by atoms with van der Waals surface area (Å²) in [6.45, 7) is 2.89. The van der Waals surface area contributed by atoms with Gasteiger partial charge in [-0.05, 0) is 51.3 Å². The Morgan fingerprint density at radius 3 is 2.81 bits per heavy atom. The number of nitrogens with one attached hydrogen (secondary N) is 1. The van der Waals surface area contributed by atoms with E-state index in [2.05, 4.69) is 33.2 Å². The maximum atomic E-state index is 12.9. The summed E-state index contributed by atoms with van der Waals surface area (Å²) in [5.74, 6) is -0.200. The number of benzene rings is 1. The van der Waals surface area contributed by atoms with E-state index in [1.165, 1.54) is 12.1 Å². The van der Waals surface area contributed by atoms with Gasteiger partial charge in [0.15, 0.2) is 0 Å². The highest BCUT2D eigenvalue weighted by Crippen LogP contribution is 2.19. The van der Waals surface area contributed by atoms with Crippen LogP contribution >= 0.6 is 15.9 Å². The topological polar surface area (TPSA) is 15.3 Å². The molecule has 0 spiro atoms. The zero-order valence-electron chi connectivity index (χ0n) is 9.76. The Bertz CT molecular complexity index is 331. The van der Waals surface area contributed by atoms with Crippen molar-refractivity contribution in [2.75, 3.05) is 27.2 Å². The maximum Gasteiger partial charge on any atom is 0.124 e. The number of hydrogen-bond acceptors (Lipinski definition) is 2. The number of hydrogen-bond donors (Lipinski definition) is 1. The van der Waals surface area contributed by atoms with Gasteiger partial charge in [0.2, 0.25) is 0 Å². The fourth-order valence-electron chi connectivity index (χ4n) is 1.55. The molecule has 2 nitrogen and oxygen atoms in total. The van der Waals surface area contributed by atoms with E-state index in [4.69, 9.17) is 0 Å². The summed E-state index contributed by atoms with van der Waals surface area (Å²) in [6, 6.07) is 4.84. The first-order valence-electron chi connectivity index (χ1n) is 5.40. The van der Waals surface area contributed by atoms with Gasteiger partial charge in [-0.3, -0.25) is 0 Å². The van der Waals surface area contributed by atoms with Gasteiger partial charge in [0.1, 0.15) is 5.82 Å². The van der Waals surface area contributed by atoms with Crippen molar-refractivity contribution in [1.29, 1.82) is 0 Å². The standard InChI is InChI=1S/C12H18BrFN2/c1-15-6-3-7-16(2)9-10-4-5-11(14)8-12(10)13/h4-5,8,15H,3,6-7,9H2,1-2H3. The van der Waals surface area contributed by atoms with E-state index in [1.807, 2.05) is 13.1 Å². The van der Waals surface area contributed by atoms with Gasteiger partial charge in [-0.15, -0.1) is 0 Å². The summed E-state index contributed by atoms with van der Waals surface area (Å²) in [4.78, 5) is 2.23. The van der Waals surface area contributed by atoms with Crippen molar-refractivity contribution in [3.8, 4) is 0 Å². The van der Waals surface area contributed by atoms with Gasteiger partial charge in [-0.1, -0.05) is 22.0 Å². The van der Waals surface area contributed by atoms with E-state index in [9.17, 15) is 4.39 Å². The third kappa shape index (κ3) is 4.60. The van der Waals surface area contributed by atoms with Crippen LogP contribution in [-0.2, 0) is 6.54 Å². The lowest BCUT2D eigenvalue weighted by Crippen LogP contribution is -2.22. The molecular weight excluding hydrogens is 271 g/mol. The third-order valence-corrected chi connectivity index (χ3v) is 3.16. The Kier molecular flexibility index (Phi) is 5.95. The highest BCUT2D eigenvalue weighted by atomic mass is 79.9. The fraction of sp³-hybridized carbons (Fsp3) is 0.500. The summed E-state index contributed by atoms with van der Waals surface area (Å²) in [5.41, 5.74) is 1.12. The molecule has 0 aliphatic carbocycles. The summed E-state index contributed by atoms with van der Waals surface area (Å²) in [6.07, 6.45) is 1.12. The molecule has 0 aromatic heterocycles. The second-order valence-corrected chi connectivity index (χ2v) is 4.78. The van der Waals surface area contributed by atoms with Crippen molar-refractivity contribution in [1.82, 2.24) is 10.2 Å². The molecule has 0 atom stereocenters. The maximum absolute atomic E-state index is 12.9. The van der Waals surface area contributed by atoms with Crippen molar-refractivity contribution in [3.05, 3.63) is 34.1 Å². The zero-order valence-corrected chi connectivity index (χ0v) is 11.3. The minimum atomic E-state index is -0.200. The third-order valence-electron chi connectivity index (χ3n) is 2.42. The normalized spacial score (nSPS) is 11.1. The van der Waals surface area contributed by atoms with Crippen molar-refractivity contribution < 1.29 is 4.39 Å². The quantitative estimate of drug-likeness (QED) is 0.810. The molecule has 1 aromatic rings. The molecule has 1 rings (SSSR count). The summed E-state index contributed by atoms with van der Waals surface area (Å²) < 4.78 is 13.7. The Balaban J connectivity index is 2.46. The van der Waals surface area contributed by atoms with E-state index < -0.39 is 0 Å². The van der Waals surface area contributed by atoms with Gasteiger partial charge in [-0.2, -0.15) is 0 Å². The van der Waals surface area contributed by atoms with Crippen LogP contribution in [0, 0.1) is 5.82 Å². The fourth-order valence-corrected chi connectivity index (χ4v) is 2.02. The molecule has 0 radical (unpaired) electrons. The largest absolute Gasteiger partial charge is 0.320 e. The molecule has 0 amide bonds. The molecule has 1 N–H and O–H groups in total. The molecule has 0 heterocycles. The second kappa shape index (κ2) is 6.99. The van der Waals surface area contributed by atoms with Gasteiger partial charge >= 0.3 is 0 Å². The molecule has 4 heteroatoms. The summed E-state index contributed by atoms with van der Waals surface area (Å²) >= 11 is 3.38. The summed E-state index contributed by atoms with van der Waals surface area (Å²) in [5, 5.41) is 3.12. The minimum Gasteiger partial charge on any atom is -0.320 e. The molecule has 0 saturated carbocycles. The molecule has 90 valence electrons. The molecule has 16 heavy (non-hydrogen) atoms. The van der Waals surface area contributed by atoms with Crippen LogP contribution in [0.4, 0.5) is 4.39 Å². The molecule has 0 unspecified atom stereocenters. The van der Waals surface area contributed by atoms with Gasteiger partial charge in [0.25, 0.3) is 0 Å². The van der Waals surface area contributed by atoms with E-state index >= 15 is 0 Å². The molecule has 0 bridgehead atoms. The van der Waals surface area contributed by atoms with Crippen LogP contribution in [0.3, 0.4) is 0 Å². The van der Waals surface area contributed by atoms with Crippen LogP contribution < -0.4 is 5.32 Å². The molecule has 0 saturated heterocycles. The average molecular weight is 289 g/mol. The monoisotopic (exact) mass is 288 g/mol. The first-order chi connectivity index (χ1) is 7.63. The highest BCUT2D eigenvalue weighted by molar-refractivity contribution is 9.10. The van der Waals surface area contributed by atoms with E-state index in [-0.39, 0.29) is 5.82 Å². The SMILES string of the molecule is CNCCCN(C)Cc1ccc(F)cc1Br. The van der Waals surface area contributed by atoms with Gasteiger partial charge in [0, 0.05) is 11.0 Å². The van der Waals surface area contributed by atoms with E-state index in [1.54, 1.807) is 0 Å². The first kappa shape index (κ1) is 13.6. The van der Waals surface area contributed by atoms with Crippen molar-refractivity contribution in [2.24, 2.45) is 0 Å². The van der Waals surface area contributed by atoms with Crippen LogP contribution in [-0.4, -0.2) is 32.1 Å². The van der Waals surface area contributed by atoms with Crippen LogP contribution in [0.1, 0.15) is 12.0 Å². The number of rotatable bonds is 6. The molecular formula is C12H18BrFN2. The highest BCUT2D eigenvalue weighted by Gasteiger charge is 2.04. The zero-order chi connectivity index (χ0) is 12.0. The lowest BCUT2D eigenvalue weighted by Gasteiger charge is -2.17. The minimum absolute atomic E-state index is 0.200. The van der Waals surface area contributed by atoms with Crippen LogP contribution in [0.2, 0.25) is 0 Å². The van der Waals surface area contributed by atoms with Crippen LogP contribution in [0.25, 0.3) is 0 Å². The lowest BCUT2D eigenvalue weighted by atomic mass is 10.2. The van der Waals surface area contributed by atoms with Crippen molar-refractivity contribution in [3.63, 3.8) is 0 Å². The molecule has 1 aromatic carbocycles. The Hall–Kier alpha value is -0.450. The van der Waals surface area contributed by atoms with Gasteiger partial charge in [-0.25, -0.2) is 4.39 Å². The molecule has 0 aliphatic heterocycles. The van der Waals surface area contributed by atoms with Crippen molar-refractivity contribution >= 4 is 15.9 Å².